The third-order valence-corrected chi connectivity index (χ3v) is 3.84. The van der Waals surface area contributed by atoms with Crippen LogP contribution in [0.15, 0.2) is 0 Å². The van der Waals surface area contributed by atoms with Gasteiger partial charge >= 0.3 is 6.18 Å². The molecule has 1 fully saturated rings. The second kappa shape index (κ2) is 5.55. The zero-order chi connectivity index (χ0) is 14.0. The summed E-state index contributed by atoms with van der Waals surface area (Å²) >= 11 is 5.39. The second-order valence-corrected chi connectivity index (χ2v) is 5.60. The molecule has 0 atom stereocenters. The molecule has 0 bridgehead atoms. The van der Waals surface area contributed by atoms with E-state index >= 15 is 0 Å². The van der Waals surface area contributed by atoms with Crippen molar-refractivity contribution in [3.8, 4) is 0 Å². The van der Waals surface area contributed by atoms with Crippen molar-refractivity contribution >= 4 is 33.7 Å². The average molecular weight is 311 g/mol. The number of anilines is 1. The van der Waals surface area contributed by atoms with Crippen molar-refractivity contribution in [2.75, 3.05) is 37.6 Å². The van der Waals surface area contributed by atoms with Crippen LogP contribution >= 0.6 is 23.6 Å². The van der Waals surface area contributed by atoms with Crippen LogP contribution in [0.1, 0.15) is 5.01 Å². The minimum Gasteiger partial charge on any atom is -0.392 e. The molecule has 1 aromatic rings. The normalized spacial score (nSPS) is 17.7. The van der Waals surface area contributed by atoms with Gasteiger partial charge in [-0.3, -0.25) is 4.90 Å². The zero-order valence-electron chi connectivity index (χ0n) is 9.85. The summed E-state index contributed by atoms with van der Waals surface area (Å²) in [4.78, 5) is 4.27. The number of halogens is 3. The Balaban J connectivity index is 1.94. The number of nitrogens with zero attached hydrogens (tertiary/aromatic N) is 4. The Morgan fingerprint density at radius 3 is 2.37 bits per heavy atom. The molecule has 0 unspecified atom stereocenters. The van der Waals surface area contributed by atoms with Gasteiger partial charge in [0.25, 0.3) is 0 Å². The molecular formula is C9H12F3N5S2. The van der Waals surface area contributed by atoms with Crippen molar-refractivity contribution in [3.05, 3.63) is 5.01 Å². The Labute approximate surface area is 117 Å². The van der Waals surface area contributed by atoms with Gasteiger partial charge in [-0.15, -0.1) is 10.2 Å². The fraction of sp³-hybridized carbons (Fsp3) is 0.667. The molecule has 1 aliphatic rings. The van der Waals surface area contributed by atoms with E-state index in [1.807, 2.05) is 0 Å². The molecule has 0 aromatic carbocycles. The maximum atomic E-state index is 12.4. The number of piperazine rings is 1. The molecule has 2 N–H and O–H groups in total. The first-order valence-corrected chi connectivity index (χ1v) is 6.75. The molecule has 0 radical (unpaired) electrons. The smallest absolute Gasteiger partial charge is 0.392 e. The highest BCUT2D eigenvalue weighted by atomic mass is 32.1. The minimum absolute atomic E-state index is 0.308. The molecule has 1 saturated heterocycles. The molecule has 106 valence electrons. The first-order valence-electron chi connectivity index (χ1n) is 5.52. The van der Waals surface area contributed by atoms with Gasteiger partial charge in [0.05, 0.1) is 4.99 Å². The number of nitrogens with two attached hydrogens (primary N) is 1. The molecule has 0 aliphatic carbocycles. The van der Waals surface area contributed by atoms with Crippen molar-refractivity contribution in [2.24, 2.45) is 5.73 Å². The first-order chi connectivity index (χ1) is 8.86. The van der Waals surface area contributed by atoms with Crippen LogP contribution < -0.4 is 10.6 Å². The number of hydrogen-bond acceptors (Lipinski definition) is 6. The molecule has 10 heteroatoms. The Morgan fingerprint density at radius 1 is 1.26 bits per heavy atom. The van der Waals surface area contributed by atoms with E-state index in [1.165, 1.54) is 0 Å². The van der Waals surface area contributed by atoms with Crippen molar-refractivity contribution in [1.29, 1.82) is 0 Å². The molecule has 2 heterocycles. The summed E-state index contributed by atoms with van der Waals surface area (Å²) in [5, 5.41) is 6.17. The standard InChI is InChI=1S/C9H12F3N5S2/c10-9(11,12)7-14-15-8(19-7)17-3-1-16(2-4-17)5-6(13)18/h1-5H2,(H2,13,18). The molecule has 1 aliphatic heterocycles. The number of alkyl halides is 3. The molecule has 2 rings (SSSR count). The molecular weight excluding hydrogens is 299 g/mol. The predicted octanol–water partition coefficient (Wildman–Crippen LogP) is 0.965. The van der Waals surface area contributed by atoms with Crippen molar-refractivity contribution < 1.29 is 13.2 Å². The summed E-state index contributed by atoms with van der Waals surface area (Å²) in [7, 11) is 0. The van der Waals surface area contributed by atoms with Gasteiger partial charge in [0.15, 0.2) is 0 Å². The number of aromatic nitrogens is 2. The van der Waals surface area contributed by atoms with Crippen molar-refractivity contribution in [3.63, 3.8) is 0 Å². The highest BCUT2D eigenvalue weighted by molar-refractivity contribution is 7.80. The molecule has 0 amide bonds. The fourth-order valence-corrected chi connectivity index (χ4v) is 2.72. The third kappa shape index (κ3) is 3.74. The summed E-state index contributed by atoms with van der Waals surface area (Å²) in [5.74, 6) is 0. The van der Waals surface area contributed by atoms with Gasteiger partial charge in [0, 0.05) is 32.7 Å². The molecule has 19 heavy (non-hydrogen) atoms. The van der Waals surface area contributed by atoms with Gasteiger partial charge in [0.1, 0.15) is 0 Å². The topological polar surface area (TPSA) is 58.3 Å². The van der Waals surface area contributed by atoms with Crippen LogP contribution in [0.25, 0.3) is 0 Å². The monoisotopic (exact) mass is 311 g/mol. The molecule has 5 nitrogen and oxygen atoms in total. The van der Waals surface area contributed by atoms with Crippen molar-refractivity contribution in [1.82, 2.24) is 15.1 Å². The Bertz CT molecular complexity index is 453. The Kier molecular flexibility index (Phi) is 4.21. The minimum atomic E-state index is -4.43. The van der Waals surface area contributed by atoms with E-state index in [-0.39, 0.29) is 0 Å². The van der Waals surface area contributed by atoms with Gasteiger partial charge in [-0.05, 0) is 0 Å². The van der Waals surface area contributed by atoms with Crippen LogP contribution in [0, 0.1) is 0 Å². The van der Waals surface area contributed by atoms with E-state index in [4.69, 9.17) is 18.0 Å². The highest BCUT2D eigenvalue weighted by Crippen LogP contribution is 2.34. The van der Waals surface area contributed by atoms with E-state index in [0.717, 1.165) is 0 Å². The van der Waals surface area contributed by atoms with Gasteiger partial charge in [-0.2, -0.15) is 13.2 Å². The maximum absolute atomic E-state index is 12.4. The zero-order valence-corrected chi connectivity index (χ0v) is 11.5. The molecule has 1 aromatic heterocycles. The second-order valence-electron chi connectivity index (χ2n) is 4.12. The van der Waals surface area contributed by atoms with Crippen LogP contribution in [0.4, 0.5) is 18.3 Å². The van der Waals surface area contributed by atoms with E-state index in [9.17, 15) is 13.2 Å². The molecule has 0 spiro atoms. The van der Waals surface area contributed by atoms with Crippen LogP contribution in [-0.4, -0.2) is 52.8 Å². The van der Waals surface area contributed by atoms with Crippen LogP contribution in [0.3, 0.4) is 0 Å². The summed E-state index contributed by atoms with van der Waals surface area (Å²) in [6.07, 6.45) is -4.43. The van der Waals surface area contributed by atoms with Gasteiger partial charge in [0.2, 0.25) is 10.1 Å². The van der Waals surface area contributed by atoms with Crippen LogP contribution in [-0.2, 0) is 6.18 Å². The summed E-state index contributed by atoms with van der Waals surface area (Å²) in [6.45, 7) is 3.11. The van der Waals surface area contributed by atoms with Gasteiger partial charge in [-0.25, -0.2) is 0 Å². The number of rotatable bonds is 3. The Hall–Kier alpha value is -1.00. The van der Waals surface area contributed by atoms with Crippen LogP contribution in [0.5, 0.6) is 0 Å². The summed E-state index contributed by atoms with van der Waals surface area (Å²) in [6, 6.07) is 0. The van der Waals surface area contributed by atoms with E-state index in [1.54, 1.807) is 4.90 Å². The number of thiocarbonyl (C=S) groups is 1. The average Bonchev–Trinajstić information content (AvgIpc) is 2.78. The van der Waals surface area contributed by atoms with Crippen molar-refractivity contribution in [2.45, 2.75) is 6.18 Å². The van der Waals surface area contributed by atoms with E-state index in [2.05, 4.69) is 15.1 Å². The largest absolute Gasteiger partial charge is 0.445 e. The first kappa shape index (κ1) is 14.4. The summed E-state index contributed by atoms with van der Waals surface area (Å²) in [5.41, 5.74) is 5.45. The SMILES string of the molecule is NC(=S)CN1CCN(c2nnc(C(F)(F)F)s2)CC1. The van der Waals surface area contributed by atoms with Crippen LogP contribution in [0.2, 0.25) is 0 Å². The highest BCUT2D eigenvalue weighted by Gasteiger charge is 2.36. The quantitative estimate of drug-likeness (QED) is 0.839. The Morgan fingerprint density at radius 2 is 1.89 bits per heavy atom. The lowest BCUT2D eigenvalue weighted by molar-refractivity contribution is -0.138. The van der Waals surface area contributed by atoms with E-state index in [0.29, 0.717) is 54.2 Å². The van der Waals surface area contributed by atoms with Gasteiger partial charge < -0.3 is 10.6 Å². The lowest BCUT2D eigenvalue weighted by atomic mass is 10.3. The maximum Gasteiger partial charge on any atom is 0.445 e. The fourth-order valence-electron chi connectivity index (χ4n) is 1.78. The van der Waals surface area contributed by atoms with E-state index < -0.39 is 11.2 Å². The van der Waals surface area contributed by atoms with Gasteiger partial charge in [-0.1, -0.05) is 23.6 Å². The number of hydrogen-bond donors (Lipinski definition) is 1. The lowest BCUT2D eigenvalue weighted by Gasteiger charge is -2.33. The third-order valence-electron chi connectivity index (χ3n) is 2.68. The molecule has 0 saturated carbocycles. The summed E-state index contributed by atoms with van der Waals surface area (Å²) < 4.78 is 37.3. The lowest BCUT2D eigenvalue weighted by Crippen LogP contribution is -2.48. The predicted molar refractivity (Wildman–Crippen MR) is 70.3 cm³/mol.